The van der Waals surface area contributed by atoms with Crippen LogP contribution in [0.15, 0.2) is 11.4 Å². The van der Waals surface area contributed by atoms with Crippen LogP contribution in [0.1, 0.15) is 30.7 Å². The van der Waals surface area contributed by atoms with Crippen LogP contribution in [0, 0.1) is 6.92 Å². The Balaban J connectivity index is 3.02. The van der Waals surface area contributed by atoms with Gasteiger partial charge in [-0.1, -0.05) is 13.8 Å². The molecule has 1 atom stereocenters. The first-order valence-electron chi connectivity index (χ1n) is 4.38. The molecule has 0 aliphatic carbocycles. The van der Waals surface area contributed by atoms with E-state index in [9.17, 15) is 0 Å². The highest BCUT2D eigenvalue weighted by Gasteiger charge is 2.25. The van der Waals surface area contributed by atoms with Gasteiger partial charge in [0.05, 0.1) is 0 Å². The van der Waals surface area contributed by atoms with E-state index < -0.39 is 0 Å². The molecule has 1 heterocycles. The Morgan fingerprint density at radius 1 is 1.58 bits per heavy atom. The second kappa shape index (κ2) is 3.58. The van der Waals surface area contributed by atoms with Gasteiger partial charge in [0, 0.05) is 16.8 Å². The summed E-state index contributed by atoms with van der Waals surface area (Å²) in [5.41, 5.74) is 7.36. The Hall–Kier alpha value is -0.340. The zero-order chi connectivity index (χ0) is 9.19. The van der Waals surface area contributed by atoms with E-state index in [-0.39, 0.29) is 5.41 Å². The van der Waals surface area contributed by atoms with Gasteiger partial charge in [-0.3, -0.25) is 0 Å². The third-order valence-electron chi connectivity index (χ3n) is 2.64. The monoisotopic (exact) mass is 183 g/mol. The molecule has 1 unspecified atom stereocenters. The van der Waals surface area contributed by atoms with Crippen LogP contribution < -0.4 is 5.73 Å². The number of rotatable bonds is 3. The molecule has 68 valence electrons. The van der Waals surface area contributed by atoms with Gasteiger partial charge >= 0.3 is 0 Å². The summed E-state index contributed by atoms with van der Waals surface area (Å²) in [5, 5.41) is 2.15. The Kier molecular flexibility index (Phi) is 2.91. The standard InChI is InChI=1S/C10H17NS/c1-4-10(3,7-11)9-8(2)5-6-12-9/h5-6H,4,7,11H2,1-3H3. The van der Waals surface area contributed by atoms with Crippen LogP contribution in [0.4, 0.5) is 0 Å². The van der Waals surface area contributed by atoms with E-state index in [4.69, 9.17) is 5.73 Å². The topological polar surface area (TPSA) is 26.0 Å². The van der Waals surface area contributed by atoms with Crippen molar-refractivity contribution >= 4 is 11.3 Å². The summed E-state index contributed by atoms with van der Waals surface area (Å²) in [7, 11) is 0. The molecule has 0 aliphatic rings. The van der Waals surface area contributed by atoms with E-state index in [1.54, 1.807) is 0 Å². The van der Waals surface area contributed by atoms with E-state index in [2.05, 4.69) is 32.2 Å². The molecule has 0 amide bonds. The van der Waals surface area contributed by atoms with Crippen LogP contribution in [-0.4, -0.2) is 6.54 Å². The molecule has 0 aromatic carbocycles. The number of hydrogen-bond donors (Lipinski definition) is 1. The first-order chi connectivity index (χ1) is 5.64. The predicted molar refractivity (Wildman–Crippen MR) is 55.8 cm³/mol. The Labute approximate surface area is 78.6 Å². The maximum Gasteiger partial charge on any atom is 0.0146 e. The van der Waals surface area contributed by atoms with Gasteiger partial charge in [-0.25, -0.2) is 0 Å². The summed E-state index contributed by atoms with van der Waals surface area (Å²) < 4.78 is 0. The van der Waals surface area contributed by atoms with Crippen molar-refractivity contribution in [1.82, 2.24) is 0 Å². The molecular formula is C10H17NS. The average Bonchev–Trinajstić information content (AvgIpc) is 2.51. The highest BCUT2D eigenvalue weighted by atomic mass is 32.1. The van der Waals surface area contributed by atoms with Gasteiger partial charge in [-0.05, 0) is 30.4 Å². The first-order valence-corrected chi connectivity index (χ1v) is 5.26. The van der Waals surface area contributed by atoms with E-state index in [1.807, 2.05) is 11.3 Å². The molecule has 1 nitrogen and oxygen atoms in total. The molecule has 0 bridgehead atoms. The molecule has 0 aliphatic heterocycles. The van der Waals surface area contributed by atoms with Gasteiger partial charge in [0.15, 0.2) is 0 Å². The van der Waals surface area contributed by atoms with Crippen LogP contribution >= 0.6 is 11.3 Å². The molecule has 1 aromatic rings. The summed E-state index contributed by atoms with van der Waals surface area (Å²) >= 11 is 1.83. The summed E-state index contributed by atoms with van der Waals surface area (Å²) in [6, 6.07) is 2.17. The zero-order valence-electron chi connectivity index (χ0n) is 8.05. The molecule has 0 radical (unpaired) electrons. The smallest absolute Gasteiger partial charge is 0.0146 e. The van der Waals surface area contributed by atoms with Gasteiger partial charge < -0.3 is 5.73 Å². The van der Waals surface area contributed by atoms with E-state index >= 15 is 0 Å². The second-order valence-corrected chi connectivity index (χ2v) is 4.47. The number of hydrogen-bond acceptors (Lipinski definition) is 2. The fourth-order valence-electron chi connectivity index (χ4n) is 1.39. The lowest BCUT2D eigenvalue weighted by Crippen LogP contribution is -2.30. The van der Waals surface area contributed by atoms with Crippen molar-refractivity contribution in [2.24, 2.45) is 5.73 Å². The summed E-state index contributed by atoms with van der Waals surface area (Å²) in [5.74, 6) is 0. The van der Waals surface area contributed by atoms with Crippen molar-refractivity contribution in [1.29, 1.82) is 0 Å². The molecule has 0 spiro atoms. The largest absolute Gasteiger partial charge is 0.330 e. The minimum atomic E-state index is 0.193. The molecule has 2 heteroatoms. The normalized spacial score (nSPS) is 16.0. The number of aryl methyl sites for hydroxylation is 1. The van der Waals surface area contributed by atoms with Gasteiger partial charge in [-0.2, -0.15) is 0 Å². The van der Waals surface area contributed by atoms with Crippen LogP contribution in [-0.2, 0) is 5.41 Å². The van der Waals surface area contributed by atoms with Crippen LogP contribution in [0.3, 0.4) is 0 Å². The third kappa shape index (κ3) is 1.54. The maximum absolute atomic E-state index is 5.78. The van der Waals surface area contributed by atoms with Crippen molar-refractivity contribution < 1.29 is 0 Å². The lowest BCUT2D eigenvalue weighted by atomic mass is 9.84. The molecule has 0 saturated heterocycles. The molecular weight excluding hydrogens is 166 g/mol. The van der Waals surface area contributed by atoms with Crippen molar-refractivity contribution in [2.75, 3.05) is 6.54 Å². The molecule has 1 aromatic heterocycles. The molecule has 0 saturated carbocycles. The fraction of sp³-hybridized carbons (Fsp3) is 0.600. The summed E-state index contributed by atoms with van der Waals surface area (Å²) in [6.07, 6.45) is 1.12. The highest BCUT2D eigenvalue weighted by Crippen LogP contribution is 2.32. The average molecular weight is 183 g/mol. The number of nitrogens with two attached hydrogens (primary N) is 1. The van der Waals surface area contributed by atoms with Crippen molar-refractivity contribution in [3.05, 3.63) is 21.9 Å². The van der Waals surface area contributed by atoms with Crippen molar-refractivity contribution in [3.63, 3.8) is 0 Å². The van der Waals surface area contributed by atoms with Gasteiger partial charge in [0.1, 0.15) is 0 Å². The molecule has 1 rings (SSSR count). The predicted octanol–water partition coefficient (Wildman–Crippen LogP) is 2.68. The van der Waals surface area contributed by atoms with Crippen LogP contribution in [0.5, 0.6) is 0 Å². The maximum atomic E-state index is 5.78. The molecule has 0 fully saturated rings. The van der Waals surface area contributed by atoms with Gasteiger partial charge in [0.2, 0.25) is 0 Å². The summed E-state index contributed by atoms with van der Waals surface area (Å²) in [6.45, 7) is 7.35. The Bertz CT molecular complexity index is 248. The number of thiophene rings is 1. The molecule has 12 heavy (non-hydrogen) atoms. The second-order valence-electron chi connectivity index (χ2n) is 3.55. The highest BCUT2D eigenvalue weighted by molar-refractivity contribution is 7.10. The van der Waals surface area contributed by atoms with Gasteiger partial charge in [0.25, 0.3) is 0 Å². The SMILES string of the molecule is CCC(C)(CN)c1sccc1C. The Morgan fingerprint density at radius 3 is 2.58 bits per heavy atom. The molecule has 2 N–H and O–H groups in total. The quantitative estimate of drug-likeness (QED) is 0.766. The van der Waals surface area contributed by atoms with Crippen LogP contribution in [0.25, 0.3) is 0 Å². The van der Waals surface area contributed by atoms with Crippen LogP contribution in [0.2, 0.25) is 0 Å². The lowest BCUT2D eigenvalue weighted by molar-refractivity contribution is 0.474. The van der Waals surface area contributed by atoms with E-state index in [0.717, 1.165) is 13.0 Å². The minimum absolute atomic E-state index is 0.193. The van der Waals surface area contributed by atoms with Crippen molar-refractivity contribution in [3.8, 4) is 0 Å². The first kappa shape index (κ1) is 9.75. The fourth-order valence-corrected chi connectivity index (χ4v) is 2.56. The van der Waals surface area contributed by atoms with Crippen molar-refractivity contribution in [2.45, 2.75) is 32.6 Å². The lowest BCUT2D eigenvalue weighted by Gasteiger charge is -2.26. The third-order valence-corrected chi connectivity index (χ3v) is 3.96. The van der Waals surface area contributed by atoms with E-state index in [1.165, 1.54) is 10.4 Å². The zero-order valence-corrected chi connectivity index (χ0v) is 8.87. The summed E-state index contributed by atoms with van der Waals surface area (Å²) in [4.78, 5) is 1.45. The minimum Gasteiger partial charge on any atom is -0.330 e. The van der Waals surface area contributed by atoms with E-state index in [0.29, 0.717) is 0 Å². The van der Waals surface area contributed by atoms with Gasteiger partial charge in [-0.15, -0.1) is 11.3 Å². The Morgan fingerprint density at radius 2 is 2.25 bits per heavy atom.